The van der Waals surface area contributed by atoms with Gasteiger partial charge < -0.3 is 11.1 Å². The second-order valence-corrected chi connectivity index (χ2v) is 6.68. The summed E-state index contributed by atoms with van der Waals surface area (Å²) >= 11 is 0. The van der Waals surface area contributed by atoms with E-state index in [0.29, 0.717) is 6.04 Å². The number of nitrogens with zero attached hydrogens (tertiary/aromatic N) is 1. The highest BCUT2D eigenvalue weighted by molar-refractivity contribution is 5.82. The fourth-order valence-corrected chi connectivity index (χ4v) is 2.97. The highest BCUT2D eigenvalue weighted by Gasteiger charge is 2.26. The fraction of sp³-hybridized carbons (Fsp3) is 0.611. The van der Waals surface area contributed by atoms with E-state index in [2.05, 4.69) is 47.5 Å². The summed E-state index contributed by atoms with van der Waals surface area (Å²) in [4.78, 5) is 14.5. The van der Waals surface area contributed by atoms with Crippen LogP contribution in [0.3, 0.4) is 0 Å². The van der Waals surface area contributed by atoms with Crippen molar-refractivity contribution >= 4 is 5.91 Å². The van der Waals surface area contributed by atoms with Crippen LogP contribution in [-0.4, -0.2) is 36.0 Å². The zero-order chi connectivity index (χ0) is 16.1. The van der Waals surface area contributed by atoms with E-state index < -0.39 is 6.04 Å². The Bertz CT molecular complexity index is 466. The molecule has 2 rings (SSSR count). The zero-order valence-corrected chi connectivity index (χ0v) is 14.0. The molecule has 1 heterocycles. The first-order valence-electron chi connectivity index (χ1n) is 8.34. The lowest BCUT2D eigenvalue weighted by atomic mass is 9.99. The summed E-state index contributed by atoms with van der Waals surface area (Å²) < 4.78 is 0. The molecule has 0 bridgehead atoms. The largest absolute Gasteiger partial charge is 0.352 e. The molecule has 1 unspecified atom stereocenters. The Morgan fingerprint density at radius 2 is 1.77 bits per heavy atom. The molecule has 22 heavy (non-hydrogen) atoms. The molecule has 1 aromatic rings. The summed E-state index contributed by atoms with van der Waals surface area (Å²) in [6.45, 7) is 8.24. The van der Waals surface area contributed by atoms with Gasteiger partial charge in [0.15, 0.2) is 0 Å². The van der Waals surface area contributed by atoms with Crippen LogP contribution in [0, 0.1) is 5.92 Å². The minimum Gasteiger partial charge on any atom is -0.352 e. The van der Waals surface area contributed by atoms with Gasteiger partial charge in [-0.15, -0.1) is 0 Å². The van der Waals surface area contributed by atoms with Crippen LogP contribution in [0.1, 0.15) is 45.2 Å². The maximum absolute atomic E-state index is 12.0. The molecule has 0 saturated carbocycles. The van der Waals surface area contributed by atoms with Crippen molar-refractivity contribution in [3.63, 3.8) is 0 Å². The molecule has 1 fully saturated rings. The standard InChI is InChI=1S/C18H29N3O/c1-13(2)17(19)18(22)20-16-9-11-21(12-10-16)14(3)15-7-5-4-6-8-15/h4-8,13-14,16-17H,9-12,19H2,1-3H3,(H,20,22)/t14?,17-/m0/s1. The van der Waals surface area contributed by atoms with E-state index in [4.69, 9.17) is 5.73 Å². The maximum Gasteiger partial charge on any atom is 0.237 e. The Morgan fingerprint density at radius 3 is 2.32 bits per heavy atom. The summed E-state index contributed by atoms with van der Waals surface area (Å²) in [5.74, 6) is 0.169. The van der Waals surface area contributed by atoms with E-state index in [1.165, 1.54) is 5.56 Å². The van der Waals surface area contributed by atoms with Crippen molar-refractivity contribution in [3.8, 4) is 0 Å². The molecule has 4 nitrogen and oxygen atoms in total. The molecule has 0 spiro atoms. The highest BCUT2D eigenvalue weighted by Crippen LogP contribution is 2.24. The lowest BCUT2D eigenvalue weighted by Gasteiger charge is -2.37. The third-order valence-corrected chi connectivity index (χ3v) is 4.73. The molecular weight excluding hydrogens is 274 g/mol. The number of carbonyl (C=O) groups is 1. The predicted octanol–water partition coefficient (Wildman–Crippen LogP) is 2.31. The van der Waals surface area contributed by atoms with Crippen molar-refractivity contribution in [2.45, 2.75) is 51.7 Å². The number of piperidine rings is 1. The topological polar surface area (TPSA) is 58.4 Å². The van der Waals surface area contributed by atoms with Crippen molar-refractivity contribution in [3.05, 3.63) is 35.9 Å². The summed E-state index contributed by atoms with van der Waals surface area (Å²) in [7, 11) is 0. The van der Waals surface area contributed by atoms with Gasteiger partial charge in [-0.1, -0.05) is 44.2 Å². The number of hydrogen-bond donors (Lipinski definition) is 2. The molecule has 0 aromatic heterocycles. The first-order chi connectivity index (χ1) is 10.5. The molecule has 1 amide bonds. The van der Waals surface area contributed by atoms with Crippen LogP contribution in [0.15, 0.2) is 30.3 Å². The average Bonchev–Trinajstić information content (AvgIpc) is 2.54. The van der Waals surface area contributed by atoms with Gasteiger partial charge in [0.1, 0.15) is 0 Å². The number of likely N-dealkylation sites (tertiary alicyclic amines) is 1. The van der Waals surface area contributed by atoms with Crippen molar-refractivity contribution in [2.24, 2.45) is 11.7 Å². The van der Waals surface area contributed by atoms with Gasteiger partial charge >= 0.3 is 0 Å². The molecular formula is C18H29N3O. The first kappa shape index (κ1) is 17.0. The molecule has 0 radical (unpaired) electrons. The quantitative estimate of drug-likeness (QED) is 0.877. The van der Waals surface area contributed by atoms with E-state index in [1.54, 1.807) is 0 Å². The van der Waals surface area contributed by atoms with Crippen LogP contribution in [0.2, 0.25) is 0 Å². The zero-order valence-electron chi connectivity index (χ0n) is 14.0. The van der Waals surface area contributed by atoms with Gasteiger partial charge in [-0.05, 0) is 31.2 Å². The van der Waals surface area contributed by atoms with E-state index in [9.17, 15) is 4.79 Å². The van der Waals surface area contributed by atoms with Crippen molar-refractivity contribution in [1.82, 2.24) is 10.2 Å². The molecule has 122 valence electrons. The van der Waals surface area contributed by atoms with Gasteiger partial charge in [-0.3, -0.25) is 9.69 Å². The highest BCUT2D eigenvalue weighted by atomic mass is 16.2. The van der Waals surface area contributed by atoms with Gasteiger partial charge in [0.2, 0.25) is 5.91 Å². The molecule has 1 saturated heterocycles. The number of hydrogen-bond acceptors (Lipinski definition) is 3. The third-order valence-electron chi connectivity index (χ3n) is 4.73. The second kappa shape index (κ2) is 7.75. The van der Waals surface area contributed by atoms with Crippen LogP contribution in [-0.2, 0) is 4.79 Å². The van der Waals surface area contributed by atoms with E-state index >= 15 is 0 Å². The van der Waals surface area contributed by atoms with Crippen LogP contribution in [0.25, 0.3) is 0 Å². The minimum absolute atomic E-state index is 0.00967. The number of nitrogens with one attached hydrogen (secondary N) is 1. The van der Waals surface area contributed by atoms with Crippen molar-refractivity contribution in [1.29, 1.82) is 0 Å². The van der Waals surface area contributed by atoms with E-state index in [0.717, 1.165) is 25.9 Å². The summed E-state index contributed by atoms with van der Waals surface area (Å²) in [5.41, 5.74) is 7.26. The Kier molecular flexibility index (Phi) is 5.98. The lowest BCUT2D eigenvalue weighted by Crippen LogP contribution is -2.51. The molecule has 1 aliphatic heterocycles. The second-order valence-electron chi connectivity index (χ2n) is 6.68. The minimum atomic E-state index is -0.402. The molecule has 0 aliphatic carbocycles. The molecule has 4 heteroatoms. The third kappa shape index (κ3) is 4.31. The monoisotopic (exact) mass is 303 g/mol. The van der Waals surface area contributed by atoms with Crippen molar-refractivity contribution in [2.75, 3.05) is 13.1 Å². The number of carbonyl (C=O) groups excluding carboxylic acids is 1. The normalized spacial score (nSPS) is 19.9. The summed E-state index contributed by atoms with van der Waals surface area (Å²) in [5, 5.41) is 3.11. The Labute approximate surface area is 134 Å². The predicted molar refractivity (Wildman–Crippen MR) is 90.4 cm³/mol. The number of nitrogens with two attached hydrogens (primary N) is 1. The summed E-state index contributed by atoms with van der Waals surface area (Å²) in [6, 6.07) is 10.9. The van der Waals surface area contributed by atoms with Crippen LogP contribution < -0.4 is 11.1 Å². The van der Waals surface area contributed by atoms with E-state index in [-0.39, 0.29) is 17.9 Å². The van der Waals surface area contributed by atoms with Gasteiger partial charge in [-0.25, -0.2) is 0 Å². The Morgan fingerprint density at radius 1 is 1.18 bits per heavy atom. The number of rotatable bonds is 5. The molecule has 1 aliphatic rings. The van der Waals surface area contributed by atoms with Crippen LogP contribution in [0.5, 0.6) is 0 Å². The van der Waals surface area contributed by atoms with Crippen LogP contribution in [0.4, 0.5) is 0 Å². The summed E-state index contributed by atoms with van der Waals surface area (Å²) in [6.07, 6.45) is 1.99. The van der Waals surface area contributed by atoms with Gasteiger partial charge in [0.25, 0.3) is 0 Å². The van der Waals surface area contributed by atoms with E-state index in [1.807, 2.05) is 13.8 Å². The van der Waals surface area contributed by atoms with Crippen molar-refractivity contribution < 1.29 is 4.79 Å². The Hall–Kier alpha value is -1.39. The average molecular weight is 303 g/mol. The molecule has 1 aromatic carbocycles. The molecule has 2 atom stereocenters. The molecule has 3 N–H and O–H groups in total. The lowest BCUT2D eigenvalue weighted by molar-refractivity contribution is -0.124. The number of benzene rings is 1. The maximum atomic E-state index is 12.0. The smallest absolute Gasteiger partial charge is 0.237 e. The van der Waals surface area contributed by atoms with Gasteiger partial charge in [0, 0.05) is 25.2 Å². The van der Waals surface area contributed by atoms with Gasteiger partial charge in [-0.2, -0.15) is 0 Å². The number of amides is 1. The first-order valence-corrected chi connectivity index (χ1v) is 8.34. The fourth-order valence-electron chi connectivity index (χ4n) is 2.97. The SMILES string of the molecule is CC(C)[C@H](N)C(=O)NC1CCN(C(C)c2ccccc2)CC1. The van der Waals surface area contributed by atoms with Crippen LogP contribution >= 0.6 is 0 Å². The Balaban J connectivity index is 1.82. The van der Waals surface area contributed by atoms with Gasteiger partial charge in [0.05, 0.1) is 6.04 Å².